The number of aromatic nitrogens is 3. The first-order chi connectivity index (χ1) is 12.8. The molecule has 140 valence electrons. The maximum absolute atomic E-state index is 12.8. The maximum Gasteiger partial charge on any atom is 0.433 e. The molecule has 2 heterocycles. The monoisotopic (exact) mass is 374 g/mol. The zero-order valence-corrected chi connectivity index (χ0v) is 14.5. The van der Waals surface area contributed by atoms with Gasteiger partial charge in [-0.25, -0.2) is 4.98 Å². The Kier molecular flexibility index (Phi) is 5.36. The van der Waals surface area contributed by atoms with Gasteiger partial charge in [-0.2, -0.15) is 13.2 Å². The first-order valence-corrected chi connectivity index (χ1v) is 8.16. The van der Waals surface area contributed by atoms with Crippen LogP contribution in [0.5, 0.6) is 0 Å². The first-order valence-electron chi connectivity index (χ1n) is 8.16. The Hall–Kier alpha value is -3.00. The minimum atomic E-state index is -4.67. The lowest BCUT2D eigenvalue weighted by atomic mass is 10.1. The van der Waals surface area contributed by atoms with Gasteiger partial charge in [0.05, 0.1) is 0 Å². The Balaban J connectivity index is 1.74. The van der Waals surface area contributed by atoms with Crippen molar-refractivity contribution in [3.63, 3.8) is 0 Å². The summed E-state index contributed by atoms with van der Waals surface area (Å²) in [6, 6.07) is 11.2. The third kappa shape index (κ3) is 5.01. The number of H-pyrrole nitrogens is 1. The van der Waals surface area contributed by atoms with Crippen molar-refractivity contribution in [2.75, 3.05) is 7.05 Å². The lowest BCUT2D eigenvalue weighted by molar-refractivity contribution is -0.141. The molecule has 0 radical (unpaired) electrons. The van der Waals surface area contributed by atoms with Crippen molar-refractivity contribution in [1.82, 2.24) is 19.9 Å². The second-order valence-electron chi connectivity index (χ2n) is 6.21. The van der Waals surface area contributed by atoms with Crippen molar-refractivity contribution >= 4 is 0 Å². The predicted octanol–water partition coefficient (Wildman–Crippen LogP) is 3.48. The fourth-order valence-corrected chi connectivity index (χ4v) is 2.68. The Morgan fingerprint density at radius 2 is 1.78 bits per heavy atom. The van der Waals surface area contributed by atoms with E-state index in [1.54, 1.807) is 36.7 Å². The lowest BCUT2D eigenvalue weighted by Crippen LogP contribution is -2.17. The van der Waals surface area contributed by atoms with Gasteiger partial charge in [0.15, 0.2) is 5.69 Å². The summed E-state index contributed by atoms with van der Waals surface area (Å²) in [4.78, 5) is 23.6. The number of rotatable bonds is 5. The second kappa shape index (κ2) is 7.71. The molecule has 0 unspecified atom stereocenters. The molecule has 0 amide bonds. The quantitative estimate of drug-likeness (QED) is 0.743. The van der Waals surface area contributed by atoms with Crippen LogP contribution in [0.1, 0.15) is 16.8 Å². The molecule has 5 nitrogen and oxygen atoms in total. The fourth-order valence-electron chi connectivity index (χ4n) is 2.68. The normalized spacial score (nSPS) is 11.7. The van der Waals surface area contributed by atoms with Gasteiger partial charge in [-0.15, -0.1) is 0 Å². The number of benzene rings is 1. The van der Waals surface area contributed by atoms with Gasteiger partial charge in [-0.3, -0.25) is 14.7 Å². The highest BCUT2D eigenvalue weighted by molar-refractivity contribution is 5.55. The van der Waals surface area contributed by atoms with Crippen LogP contribution in [0.15, 0.2) is 59.7 Å². The van der Waals surface area contributed by atoms with Crippen LogP contribution in [0.25, 0.3) is 11.4 Å². The molecule has 0 bridgehead atoms. The number of halogens is 3. The highest BCUT2D eigenvalue weighted by Crippen LogP contribution is 2.27. The number of alkyl halides is 3. The molecule has 27 heavy (non-hydrogen) atoms. The van der Waals surface area contributed by atoms with Gasteiger partial charge < -0.3 is 4.98 Å². The molecule has 0 aliphatic rings. The molecule has 3 aromatic rings. The summed E-state index contributed by atoms with van der Waals surface area (Å²) in [5.41, 5.74) is 0.438. The molecule has 0 saturated carbocycles. The smallest absolute Gasteiger partial charge is 0.307 e. The van der Waals surface area contributed by atoms with Crippen molar-refractivity contribution in [3.05, 3.63) is 82.0 Å². The average Bonchev–Trinajstić information content (AvgIpc) is 2.62. The van der Waals surface area contributed by atoms with Crippen LogP contribution in [0.3, 0.4) is 0 Å². The van der Waals surface area contributed by atoms with Crippen molar-refractivity contribution in [2.24, 2.45) is 0 Å². The summed E-state index contributed by atoms with van der Waals surface area (Å²) >= 11 is 0. The summed E-state index contributed by atoms with van der Waals surface area (Å²) in [5, 5.41) is 0. The molecule has 1 N–H and O–H groups in total. The van der Waals surface area contributed by atoms with Crippen LogP contribution < -0.4 is 5.56 Å². The van der Waals surface area contributed by atoms with Gasteiger partial charge in [0.2, 0.25) is 0 Å². The number of hydrogen-bond donors (Lipinski definition) is 1. The van der Waals surface area contributed by atoms with Crippen molar-refractivity contribution in [2.45, 2.75) is 19.3 Å². The third-order valence-corrected chi connectivity index (χ3v) is 3.89. The highest BCUT2D eigenvalue weighted by Gasteiger charge is 2.33. The summed E-state index contributed by atoms with van der Waals surface area (Å²) in [6.07, 6.45) is -1.15. The van der Waals surface area contributed by atoms with Gasteiger partial charge in [0, 0.05) is 37.1 Å². The van der Waals surface area contributed by atoms with Crippen molar-refractivity contribution in [1.29, 1.82) is 0 Å². The number of aromatic amines is 1. The number of nitrogens with zero attached hydrogens (tertiary/aromatic N) is 3. The molecule has 0 aliphatic heterocycles. The number of hydrogen-bond acceptors (Lipinski definition) is 4. The van der Waals surface area contributed by atoms with Gasteiger partial charge in [-0.05, 0) is 24.2 Å². The maximum atomic E-state index is 12.8. The zero-order valence-electron chi connectivity index (χ0n) is 14.5. The Morgan fingerprint density at radius 3 is 2.41 bits per heavy atom. The van der Waals surface area contributed by atoms with Gasteiger partial charge >= 0.3 is 6.18 Å². The standard InChI is InChI=1S/C19H17F3N4O/c1-26(12-14-3-2-8-23-10-14)11-13-4-6-15(7-5-13)18-24-16(19(20,21)22)9-17(27)25-18/h2-10H,11-12H2,1H3,(H,24,25,27). The molecule has 8 heteroatoms. The SMILES string of the molecule is CN(Cc1ccc(-c2nc(C(F)(F)F)cc(=O)[nH]2)cc1)Cc1cccnc1. The topological polar surface area (TPSA) is 61.9 Å². The molecule has 1 aromatic carbocycles. The molecule has 0 spiro atoms. The second-order valence-corrected chi connectivity index (χ2v) is 6.21. The fraction of sp³-hybridized carbons (Fsp3) is 0.211. The molecule has 0 fully saturated rings. The molecule has 0 saturated heterocycles. The van der Waals surface area contributed by atoms with Crippen LogP contribution in [0.4, 0.5) is 13.2 Å². The van der Waals surface area contributed by atoms with Crippen molar-refractivity contribution < 1.29 is 13.2 Å². The van der Waals surface area contributed by atoms with E-state index in [4.69, 9.17) is 0 Å². The van der Waals surface area contributed by atoms with E-state index in [1.807, 2.05) is 19.2 Å². The van der Waals surface area contributed by atoms with E-state index in [0.29, 0.717) is 18.2 Å². The average molecular weight is 374 g/mol. The van der Waals surface area contributed by atoms with Crippen LogP contribution in [-0.4, -0.2) is 26.9 Å². The van der Waals surface area contributed by atoms with E-state index in [0.717, 1.165) is 17.7 Å². The Bertz CT molecular complexity index is 953. The van der Waals surface area contributed by atoms with Gasteiger partial charge in [-0.1, -0.05) is 30.3 Å². The number of pyridine rings is 1. The molecule has 0 atom stereocenters. The molecule has 3 rings (SSSR count). The van der Waals surface area contributed by atoms with Gasteiger partial charge in [0.1, 0.15) is 5.82 Å². The zero-order chi connectivity index (χ0) is 19.4. The third-order valence-electron chi connectivity index (χ3n) is 3.89. The highest BCUT2D eigenvalue weighted by atomic mass is 19.4. The minimum Gasteiger partial charge on any atom is -0.307 e. The van der Waals surface area contributed by atoms with Crippen LogP contribution in [-0.2, 0) is 19.3 Å². The van der Waals surface area contributed by atoms with Crippen LogP contribution >= 0.6 is 0 Å². The lowest BCUT2D eigenvalue weighted by Gasteiger charge is -2.16. The molecular formula is C19H17F3N4O. The van der Waals surface area contributed by atoms with E-state index in [-0.39, 0.29) is 5.82 Å². The summed E-state index contributed by atoms with van der Waals surface area (Å²) in [5.74, 6) is -0.106. The van der Waals surface area contributed by atoms with E-state index >= 15 is 0 Å². The minimum absolute atomic E-state index is 0.106. The Morgan fingerprint density at radius 1 is 1.07 bits per heavy atom. The summed E-state index contributed by atoms with van der Waals surface area (Å²) in [6.45, 7) is 1.37. The molecule has 0 aliphatic carbocycles. The van der Waals surface area contributed by atoms with E-state index in [9.17, 15) is 18.0 Å². The molecule has 2 aromatic heterocycles. The summed E-state index contributed by atoms with van der Waals surface area (Å²) < 4.78 is 38.5. The van der Waals surface area contributed by atoms with Crippen LogP contribution in [0.2, 0.25) is 0 Å². The van der Waals surface area contributed by atoms with E-state index in [1.165, 1.54) is 0 Å². The predicted molar refractivity (Wildman–Crippen MR) is 94.7 cm³/mol. The number of nitrogens with one attached hydrogen (secondary N) is 1. The Labute approximate surface area is 153 Å². The molecular weight excluding hydrogens is 357 g/mol. The van der Waals surface area contributed by atoms with Crippen LogP contribution in [0, 0.1) is 0 Å². The van der Waals surface area contributed by atoms with E-state index < -0.39 is 17.4 Å². The van der Waals surface area contributed by atoms with Crippen molar-refractivity contribution in [3.8, 4) is 11.4 Å². The first kappa shape index (κ1) is 18.8. The van der Waals surface area contributed by atoms with Gasteiger partial charge in [0.25, 0.3) is 5.56 Å². The largest absolute Gasteiger partial charge is 0.433 e. The summed E-state index contributed by atoms with van der Waals surface area (Å²) in [7, 11) is 1.97. The van der Waals surface area contributed by atoms with E-state index in [2.05, 4.69) is 19.9 Å².